The quantitative estimate of drug-likeness (QED) is 0.678. The van der Waals surface area contributed by atoms with Crippen molar-refractivity contribution in [2.24, 2.45) is 0 Å². The second-order valence-electron chi connectivity index (χ2n) is 2.73. The van der Waals surface area contributed by atoms with Gasteiger partial charge in [-0.25, -0.2) is 9.97 Å². The van der Waals surface area contributed by atoms with Gasteiger partial charge in [0, 0.05) is 18.8 Å². The third-order valence-corrected chi connectivity index (χ3v) is 1.31. The third kappa shape index (κ3) is 2.63. The number of hydrogen-bond acceptors (Lipinski definition) is 3. The minimum absolute atomic E-state index is 0.363. The van der Waals surface area contributed by atoms with Gasteiger partial charge in [-0.3, -0.25) is 0 Å². The molecule has 3 nitrogen and oxygen atoms in total. The minimum Gasteiger partial charge on any atom is -0.393 e. The van der Waals surface area contributed by atoms with E-state index >= 15 is 0 Å². The fourth-order valence-corrected chi connectivity index (χ4v) is 0.789. The fraction of sp³-hybridized carbons (Fsp3) is 0.500. The molecule has 0 saturated carbocycles. The molecule has 1 aromatic heterocycles. The average molecular weight is 152 g/mol. The van der Waals surface area contributed by atoms with Gasteiger partial charge in [0.15, 0.2) is 0 Å². The molecule has 1 N–H and O–H groups in total. The number of hydrogen-bond donors (Lipinski definition) is 1. The molecule has 0 bridgehead atoms. The van der Waals surface area contributed by atoms with Crippen molar-refractivity contribution >= 4 is 0 Å². The van der Waals surface area contributed by atoms with Crippen LogP contribution in [-0.4, -0.2) is 21.2 Å². The van der Waals surface area contributed by atoms with Crippen LogP contribution in [-0.2, 0) is 6.42 Å². The average Bonchev–Trinajstić information content (AvgIpc) is 1.93. The van der Waals surface area contributed by atoms with Crippen LogP contribution in [0.2, 0.25) is 0 Å². The van der Waals surface area contributed by atoms with Crippen molar-refractivity contribution in [3.63, 3.8) is 0 Å². The van der Waals surface area contributed by atoms with Crippen LogP contribution in [0.1, 0.15) is 18.3 Å². The smallest absolute Gasteiger partial charge is 0.130 e. The second-order valence-corrected chi connectivity index (χ2v) is 2.73. The number of aliphatic hydroxyl groups is 1. The molecule has 60 valence electrons. The molecule has 1 heterocycles. The topological polar surface area (TPSA) is 46.0 Å². The zero-order valence-corrected chi connectivity index (χ0v) is 6.78. The lowest BCUT2D eigenvalue weighted by Gasteiger charge is -2.01. The molecule has 0 saturated heterocycles. The zero-order valence-electron chi connectivity index (χ0n) is 6.78. The Morgan fingerprint density at radius 1 is 1.45 bits per heavy atom. The highest BCUT2D eigenvalue weighted by molar-refractivity contribution is 5.02. The molecular weight excluding hydrogens is 140 g/mol. The van der Waals surface area contributed by atoms with Crippen LogP contribution >= 0.6 is 0 Å². The van der Waals surface area contributed by atoms with E-state index < -0.39 is 0 Å². The van der Waals surface area contributed by atoms with Gasteiger partial charge in [0.2, 0.25) is 0 Å². The van der Waals surface area contributed by atoms with E-state index in [0.29, 0.717) is 12.2 Å². The lowest BCUT2D eigenvalue weighted by atomic mass is 10.2. The van der Waals surface area contributed by atoms with E-state index in [1.807, 2.05) is 6.92 Å². The Morgan fingerprint density at radius 3 is 2.45 bits per heavy atom. The van der Waals surface area contributed by atoms with Crippen LogP contribution in [0.5, 0.6) is 0 Å². The van der Waals surface area contributed by atoms with Crippen molar-refractivity contribution in [1.82, 2.24) is 9.97 Å². The van der Waals surface area contributed by atoms with Gasteiger partial charge in [-0.1, -0.05) is 0 Å². The maximum atomic E-state index is 9.00. The SMILES string of the molecule is Cc1cnc(C[C@@H](C)O)nc1. The van der Waals surface area contributed by atoms with Crippen LogP contribution in [0.3, 0.4) is 0 Å². The highest BCUT2D eigenvalue weighted by atomic mass is 16.3. The highest BCUT2D eigenvalue weighted by Gasteiger charge is 1.99. The van der Waals surface area contributed by atoms with Gasteiger partial charge in [-0.05, 0) is 19.4 Å². The Morgan fingerprint density at radius 2 is 2.00 bits per heavy atom. The standard InChI is InChI=1S/C8H12N2O/c1-6-4-9-8(10-5-6)3-7(2)11/h4-5,7,11H,3H2,1-2H3/t7-/m1/s1. The Labute approximate surface area is 66.1 Å². The van der Waals surface area contributed by atoms with Crippen LogP contribution in [0, 0.1) is 6.92 Å². The first-order chi connectivity index (χ1) is 5.18. The number of aliphatic hydroxyl groups excluding tert-OH is 1. The summed E-state index contributed by atoms with van der Waals surface area (Å²) in [4.78, 5) is 8.09. The van der Waals surface area contributed by atoms with Gasteiger partial charge >= 0.3 is 0 Å². The monoisotopic (exact) mass is 152 g/mol. The molecule has 1 rings (SSSR count). The summed E-state index contributed by atoms with van der Waals surface area (Å²) >= 11 is 0. The minimum atomic E-state index is -0.363. The van der Waals surface area contributed by atoms with Gasteiger partial charge in [0.05, 0.1) is 6.10 Å². The molecule has 0 radical (unpaired) electrons. The molecule has 1 atom stereocenters. The van der Waals surface area contributed by atoms with E-state index in [1.165, 1.54) is 0 Å². The largest absolute Gasteiger partial charge is 0.393 e. The lowest BCUT2D eigenvalue weighted by Crippen LogP contribution is -2.07. The summed E-state index contributed by atoms with van der Waals surface area (Å²) in [7, 11) is 0. The van der Waals surface area contributed by atoms with Crippen LogP contribution in [0.15, 0.2) is 12.4 Å². The van der Waals surface area contributed by atoms with E-state index in [2.05, 4.69) is 9.97 Å². The Balaban J connectivity index is 2.66. The van der Waals surface area contributed by atoms with E-state index in [4.69, 9.17) is 5.11 Å². The van der Waals surface area contributed by atoms with Crippen molar-refractivity contribution in [2.45, 2.75) is 26.4 Å². The molecule has 0 fully saturated rings. The molecule has 0 aromatic carbocycles. The van der Waals surface area contributed by atoms with Gasteiger partial charge < -0.3 is 5.11 Å². The summed E-state index contributed by atoms with van der Waals surface area (Å²) in [5.41, 5.74) is 1.04. The highest BCUT2D eigenvalue weighted by Crippen LogP contribution is 1.96. The summed E-state index contributed by atoms with van der Waals surface area (Å²) in [5.74, 6) is 0.700. The summed E-state index contributed by atoms with van der Waals surface area (Å²) in [5, 5.41) is 9.00. The first kappa shape index (κ1) is 8.14. The molecule has 1 aromatic rings. The van der Waals surface area contributed by atoms with Crippen molar-refractivity contribution < 1.29 is 5.11 Å². The summed E-state index contributed by atoms with van der Waals surface area (Å²) in [6, 6.07) is 0. The number of aryl methyl sites for hydroxylation is 1. The third-order valence-electron chi connectivity index (χ3n) is 1.31. The molecule has 0 spiro atoms. The molecular formula is C8H12N2O. The molecule has 0 aliphatic carbocycles. The predicted molar refractivity (Wildman–Crippen MR) is 42.2 cm³/mol. The number of rotatable bonds is 2. The Hall–Kier alpha value is -0.960. The summed E-state index contributed by atoms with van der Waals surface area (Å²) in [6.07, 6.45) is 3.67. The van der Waals surface area contributed by atoms with Gasteiger partial charge in [-0.2, -0.15) is 0 Å². The first-order valence-electron chi connectivity index (χ1n) is 3.64. The van der Waals surface area contributed by atoms with Crippen LogP contribution in [0.4, 0.5) is 0 Å². The van der Waals surface area contributed by atoms with E-state index in [9.17, 15) is 0 Å². The van der Waals surface area contributed by atoms with E-state index in [0.717, 1.165) is 5.56 Å². The number of nitrogens with zero attached hydrogens (tertiary/aromatic N) is 2. The molecule has 0 unspecified atom stereocenters. The molecule has 0 aliphatic rings. The maximum Gasteiger partial charge on any atom is 0.130 e. The predicted octanol–water partition coefficient (Wildman–Crippen LogP) is 0.708. The van der Waals surface area contributed by atoms with Gasteiger partial charge in [-0.15, -0.1) is 0 Å². The summed E-state index contributed by atoms with van der Waals surface area (Å²) in [6.45, 7) is 3.66. The van der Waals surface area contributed by atoms with Crippen molar-refractivity contribution in [3.05, 3.63) is 23.8 Å². The normalized spacial score (nSPS) is 13.0. The van der Waals surface area contributed by atoms with Gasteiger partial charge in [0.25, 0.3) is 0 Å². The van der Waals surface area contributed by atoms with Crippen LogP contribution < -0.4 is 0 Å². The molecule has 0 aliphatic heterocycles. The second kappa shape index (κ2) is 3.44. The summed E-state index contributed by atoms with van der Waals surface area (Å²) < 4.78 is 0. The van der Waals surface area contributed by atoms with Crippen molar-refractivity contribution in [2.75, 3.05) is 0 Å². The van der Waals surface area contributed by atoms with E-state index in [-0.39, 0.29) is 6.10 Å². The van der Waals surface area contributed by atoms with Gasteiger partial charge in [0.1, 0.15) is 5.82 Å². The zero-order chi connectivity index (χ0) is 8.27. The lowest BCUT2D eigenvalue weighted by molar-refractivity contribution is 0.193. The Bertz CT molecular complexity index is 218. The van der Waals surface area contributed by atoms with Crippen molar-refractivity contribution in [3.8, 4) is 0 Å². The van der Waals surface area contributed by atoms with E-state index in [1.54, 1.807) is 19.3 Å². The molecule has 11 heavy (non-hydrogen) atoms. The molecule has 3 heteroatoms. The first-order valence-corrected chi connectivity index (χ1v) is 3.64. The van der Waals surface area contributed by atoms with Crippen molar-refractivity contribution in [1.29, 1.82) is 0 Å². The molecule has 0 amide bonds. The fourth-order valence-electron chi connectivity index (χ4n) is 0.789. The Kier molecular flexibility index (Phi) is 2.54. The maximum absolute atomic E-state index is 9.00. The van der Waals surface area contributed by atoms with Crippen LogP contribution in [0.25, 0.3) is 0 Å². The number of aromatic nitrogens is 2.